The minimum Gasteiger partial charge on any atom is -0.392 e. The number of rotatable bonds is 3. The van der Waals surface area contributed by atoms with Crippen molar-refractivity contribution in [3.8, 4) is 0 Å². The molecule has 3 atom stereocenters. The summed E-state index contributed by atoms with van der Waals surface area (Å²) in [4.78, 5) is 0. The third-order valence-electron chi connectivity index (χ3n) is 3.54. The molecule has 0 amide bonds. The van der Waals surface area contributed by atoms with Crippen LogP contribution < -0.4 is 5.32 Å². The maximum absolute atomic E-state index is 9.95. The van der Waals surface area contributed by atoms with Crippen LogP contribution in [0.15, 0.2) is 28.7 Å². The topological polar surface area (TPSA) is 32.3 Å². The van der Waals surface area contributed by atoms with E-state index in [0.29, 0.717) is 0 Å². The van der Waals surface area contributed by atoms with Crippen molar-refractivity contribution in [2.45, 2.75) is 50.8 Å². The van der Waals surface area contributed by atoms with E-state index >= 15 is 0 Å². The van der Waals surface area contributed by atoms with Gasteiger partial charge in [0.2, 0.25) is 0 Å². The fourth-order valence-electron chi connectivity index (χ4n) is 2.50. The normalized spacial score (nSPS) is 26.8. The number of nitrogens with one attached hydrogen (secondary N) is 1. The Bertz CT molecular complexity index is 369. The number of hydrogen-bond acceptors (Lipinski definition) is 2. The van der Waals surface area contributed by atoms with E-state index in [-0.39, 0.29) is 18.2 Å². The molecule has 1 aliphatic carbocycles. The molecular weight excluding hydrogens is 278 g/mol. The Morgan fingerprint density at radius 1 is 1.35 bits per heavy atom. The second-order valence-corrected chi connectivity index (χ2v) is 5.82. The van der Waals surface area contributed by atoms with Crippen LogP contribution in [0.5, 0.6) is 0 Å². The van der Waals surface area contributed by atoms with Crippen molar-refractivity contribution in [1.29, 1.82) is 0 Å². The van der Waals surface area contributed by atoms with E-state index in [9.17, 15) is 5.11 Å². The highest BCUT2D eigenvalue weighted by molar-refractivity contribution is 9.10. The Morgan fingerprint density at radius 2 is 2.12 bits per heavy atom. The Morgan fingerprint density at radius 3 is 2.82 bits per heavy atom. The van der Waals surface area contributed by atoms with E-state index in [2.05, 4.69) is 46.4 Å². The molecule has 1 fully saturated rings. The molecule has 2 rings (SSSR count). The molecule has 0 bridgehead atoms. The number of aliphatic hydroxyl groups excluding tert-OH is 1. The van der Waals surface area contributed by atoms with Gasteiger partial charge >= 0.3 is 0 Å². The van der Waals surface area contributed by atoms with Crippen molar-refractivity contribution in [2.75, 3.05) is 0 Å². The Kier molecular flexibility index (Phi) is 4.60. The molecule has 2 unspecified atom stereocenters. The molecule has 0 aliphatic heterocycles. The van der Waals surface area contributed by atoms with Crippen LogP contribution in [0.4, 0.5) is 0 Å². The van der Waals surface area contributed by atoms with Gasteiger partial charge in [0, 0.05) is 16.6 Å². The van der Waals surface area contributed by atoms with E-state index in [1.807, 2.05) is 6.07 Å². The van der Waals surface area contributed by atoms with Crippen LogP contribution in [0.25, 0.3) is 0 Å². The maximum atomic E-state index is 9.95. The van der Waals surface area contributed by atoms with Crippen LogP contribution >= 0.6 is 15.9 Å². The third-order valence-corrected chi connectivity index (χ3v) is 4.04. The zero-order chi connectivity index (χ0) is 12.3. The van der Waals surface area contributed by atoms with Crippen LogP contribution in [0, 0.1) is 0 Å². The summed E-state index contributed by atoms with van der Waals surface area (Å²) >= 11 is 3.49. The first-order valence-electron chi connectivity index (χ1n) is 6.36. The molecule has 2 N–H and O–H groups in total. The standard InChI is InChI=1S/C14H20BrNO/c1-10(11-5-4-6-12(15)9-11)16-13-7-2-3-8-14(13)17/h4-6,9-10,13-14,16-17H,2-3,7-8H2,1H3/t10-,13?,14?/m0/s1. The predicted molar refractivity (Wildman–Crippen MR) is 74.0 cm³/mol. The number of halogens is 1. The molecule has 17 heavy (non-hydrogen) atoms. The lowest BCUT2D eigenvalue weighted by Crippen LogP contribution is -2.43. The monoisotopic (exact) mass is 297 g/mol. The molecule has 3 heteroatoms. The average Bonchev–Trinajstić information content (AvgIpc) is 2.32. The minimum absolute atomic E-state index is 0.182. The summed E-state index contributed by atoms with van der Waals surface area (Å²) in [6.45, 7) is 2.16. The first kappa shape index (κ1) is 13.1. The highest BCUT2D eigenvalue weighted by atomic mass is 79.9. The summed E-state index contributed by atoms with van der Waals surface area (Å²) < 4.78 is 1.10. The van der Waals surface area contributed by atoms with Crippen molar-refractivity contribution in [3.05, 3.63) is 34.3 Å². The van der Waals surface area contributed by atoms with E-state index in [1.165, 1.54) is 12.0 Å². The molecule has 2 nitrogen and oxygen atoms in total. The van der Waals surface area contributed by atoms with Gasteiger partial charge in [-0.3, -0.25) is 0 Å². The van der Waals surface area contributed by atoms with E-state index in [1.54, 1.807) is 0 Å². The molecule has 0 radical (unpaired) electrons. The molecule has 1 aromatic carbocycles. The van der Waals surface area contributed by atoms with Gasteiger partial charge in [-0.15, -0.1) is 0 Å². The largest absolute Gasteiger partial charge is 0.392 e. The summed E-state index contributed by atoms with van der Waals surface area (Å²) in [5.74, 6) is 0. The molecule has 0 spiro atoms. The van der Waals surface area contributed by atoms with Gasteiger partial charge in [0.05, 0.1) is 6.10 Å². The zero-order valence-electron chi connectivity index (χ0n) is 10.2. The summed E-state index contributed by atoms with van der Waals surface area (Å²) in [5.41, 5.74) is 1.26. The Balaban J connectivity index is 1.98. The Labute approximate surface area is 112 Å². The molecule has 0 aromatic heterocycles. The van der Waals surface area contributed by atoms with Crippen LogP contribution in [0.2, 0.25) is 0 Å². The molecule has 1 saturated carbocycles. The van der Waals surface area contributed by atoms with E-state index in [4.69, 9.17) is 0 Å². The van der Waals surface area contributed by atoms with Gasteiger partial charge in [-0.2, -0.15) is 0 Å². The number of hydrogen-bond donors (Lipinski definition) is 2. The summed E-state index contributed by atoms with van der Waals surface area (Å²) in [6, 6.07) is 8.87. The van der Waals surface area contributed by atoms with Gasteiger partial charge in [0.15, 0.2) is 0 Å². The van der Waals surface area contributed by atoms with Crippen molar-refractivity contribution in [3.63, 3.8) is 0 Å². The second kappa shape index (κ2) is 5.98. The number of benzene rings is 1. The zero-order valence-corrected chi connectivity index (χ0v) is 11.8. The van der Waals surface area contributed by atoms with Crippen LogP contribution in [0.1, 0.15) is 44.2 Å². The first-order chi connectivity index (χ1) is 8.16. The number of aliphatic hydroxyl groups is 1. The molecule has 1 aromatic rings. The molecule has 0 saturated heterocycles. The van der Waals surface area contributed by atoms with Gasteiger partial charge < -0.3 is 10.4 Å². The highest BCUT2D eigenvalue weighted by Crippen LogP contribution is 2.23. The van der Waals surface area contributed by atoms with Crippen molar-refractivity contribution in [2.24, 2.45) is 0 Å². The summed E-state index contributed by atoms with van der Waals surface area (Å²) in [7, 11) is 0. The lowest BCUT2D eigenvalue weighted by Gasteiger charge is -2.31. The van der Waals surface area contributed by atoms with Gasteiger partial charge in [0.1, 0.15) is 0 Å². The SMILES string of the molecule is C[C@H](NC1CCCCC1O)c1cccc(Br)c1. The lowest BCUT2D eigenvalue weighted by atomic mass is 9.91. The van der Waals surface area contributed by atoms with Gasteiger partial charge in [-0.25, -0.2) is 0 Å². The van der Waals surface area contributed by atoms with Crippen molar-refractivity contribution >= 4 is 15.9 Å². The Hall–Kier alpha value is -0.380. The summed E-state index contributed by atoms with van der Waals surface area (Å²) in [6.07, 6.45) is 4.21. The lowest BCUT2D eigenvalue weighted by molar-refractivity contribution is 0.0860. The van der Waals surface area contributed by atoms with Gasteiger partial charge in [-0.05, 0) is 37.5 Å². The van der Waals surface area contributed by atoms with E-state index in [0.717, 1.165) is 23.7 Å². The quantitative estimate of drug-likeness (QED) is 0.896. The van der Waals surface area contributed by atoms with Crippen LogP contribution in [0.3, 0.4) is 0 Å². The molecular formula is C14H20BrNO. The van der Waals surface area contributed by atoms with Gasteiger partial charge in [-0.1, -0.05) is 40.9 Å². The maximum Gasteiger partial charge on any atom is 0.0693 e. The van der Waals surface area contributed by atoms with Gasteiger partial charge in [0.25, 0.3) is 0 Å². The van der Waals surface area contributed by atoms with Crippen molar-refractivity contribution < 1.29 is 5.11 Å². The molecule has 1 aliphatic rings. The van der Waals surface area contributed by atoms with Crippen LogP contribution in [-0.2, 0) is 0 Å². The fraction of sp³-hybridized carbons (Fsp3) is 0.571. The minimum atomic E-state index is -0.182. The molecule has 94 valence electrons. The average molecular weight is 298 g/mol. The van der Waals surface area contributed by atoms with Crippen molar-refractivity contribution in [1.82, 2.24) is 5.32 Å². The first-order valence-corrected chi connectivity index (χ1v) is 7.15. The third kappa shape index (κ3) is 3.54. The van der Waals surface area contributed by atoms with E-state index < -0.39 is 0 Å². The summed E-state index contributed by atoms with van der Waals surface area (Å²) in [5, 5.41) is 13.5. The second-order valence-electron chi connectivity index (χ2n) is 4.90. The smallest absolute Gasteiger partial charge is 0.0693 e. The molecule has 0 heterocycles. The predicted octanol–water partition coefficient (Wildman–Crippen LogP) is 3.40. The van der Waals surface area contributed by atoms with Crippen LogP contribution in [-0.4, -0.2) is 17.3 Å². The fourth-order valence-corrected chi connectivity index (χ4v) is 2.92. The highest BCUT2D eigenvalue weighted by Gasteiger charge is 2.24.